The van der Waals surface area contributed by atoms with Crippen LogP contribution in [0.3, 0.4) is 0 Å². The topological polar surface area (TPSA) is 46.6 Å². The third kappa shape index (κ3) is 3.75. The lowest BCUT2D eigenvalue weighted by Crippen LogP contribution is -2.34. The molecule has 0 unspecified atom stereocenters. The molecule has 0 fully saturated rings. The molecule has 10 heteroatoms. The zero-order valence-corrected chi connectivity index (χ0v) is 14.8. The van der Waals surface area contributed by atoms with Crippen LogP contribution in [0, 0.1) is 29.1 Å². The Balaban J connectivity index is 2.69. The highest BCUT2D eigenvalue weighted by Gasteiger charge is 2.37. The fraction of sp³-hybridized carbons (Fsp3) is 0.176. The van der Waals surface area contributed by atoms with Crippen molar-refractivity contribution in [1.82, 2.24) is 0 Å². The molecule has 0 aliphatic heterocycles. The minimum absolute atomic E-state index is 0.0541. The predicted molar refractivity (Wildman–Crippen MR) is 88.6 cm³/mol. The van der Waals surface area contributed by atoms with Gasteiger partial charge in [-0.25, -0.2) is 30.4 Å². The van der Waals surface area contributed by atoms with Crippen LogP contribution in [0.5, 0.6) is 5.75 Å². The van der Waals surface area contributed by atoms with Gasteiger partial charge in [-0.1, -0.05) is 6.08 Å². The van der Waals surface area contributed by atoms with E-state index in [4.69, 9.17) is 4.74 Å². The molecule has 0 aliphatic rings. The lowest BCUT2D eigenvalue weighted by Gasteiger charge is -2.25. The standard InChI is InChI=1S/C17H14F5NO3S/c1-3-4-9-23(10-5-7-11(26-2)8-6-10)27(24,25)17-15(21)13(19)12(18)14(20)16(17)22/h3,5-8H,1,4,9H2,2H3. The van der Waals surface area contributed by atoms with Gasteiger partial charge in [-0.3, -0.25) is 4.31 Å². The molecule has 0 bridgehead atoms. The summed E-state index contributed by atoms with van der Waals surface area (Å²) < 4.78 is 99.3. The molecule has 2 rings (SSSR count). The molecule has 146 valence electrons. The first-order valence-electron chi connectivity index (χ1n) is 7.46. The third-order valence-corrected chi connectivity index (χ3v) is 5.46. The second-order valence-corrected chi connectivity index (χ2v) is 7.05. The van der Waals surface area contributed by atoms with Gasteiger partial charge in [0.15, 0.2) is 28.2 Å². The van der Waals surface area contributed by atoms with Crippen molar-refractivity contribution in [2.24, 2.45) is 0 Å². The second-order valence-electron chi connectivity index (χ2n) is 5.25. The first kappa shape index (κ1) is 20.7. The molecule has 0 atom stereocenters. The lowest BCUT2D eigenvalue weighted by atomic mass is 10.3. The number of rotatable bonds is 7. The number of hydrogen-bond donors (Lipinski definition) is 0. The number of sulfonamides is 1. The molecular weight excluding hydrogens is 393 g/mol. The molecule has 27 heavy (non-hydrogen) atoms. The summed E-state index contributed by atoms with van der Waals surface area (Å²) in [5.41, 5.74) is -0.0541. The molecule has 0 heterocycles. The summed E-state index contributed by atoms with van der Waals surface area (Å²) in [6.07, 6.45) is 1.39. The van der Waals surface area contributed by atoms with E-state index in [-0.39, 0.29) is 18.7 Å². The van der Waals surface area contributed by atoms with Gasteiger partial charge in [-0.15, -0.1) is 6.58 Å². The molecule has 0 N–H and O–H groups in total. The Hall–Kier alpha value is -2.62. The van der Waals surface area contributed by atoms with Crippen molar-refractivity contribution < 1.29 is 35.1 Å². The normalized spacial score (nSPS) is 11.3. The average molecular weight is 407 g/mol. The zero-order valence-electron chi connectivity index (χ0n) is 14.0. The number of anilines is 1. The number of benzene rings is 2. The molecule has 2 aromatic rings. The summed E-state index contributed by atoms with van der Waals surface area (Å²) in [7, 11) is -3.75. The maximum Gasteiger partial charge on any atom is 0.270 e. The Morgan fingerprint density at radius 1 is 0.963 bits per heavy atom. The maximum atomic E-state index is 14.0. The summed E-state index contributed by atoms with van der Waals surface area (Å²) in [6.45, 7) is 3.09. The maximum absolute atomic E-state index is 14.0. The molecule has 0 aromatic heterocycles. The van der Waals surface area contributed by atoms with Gasteiger partial charge >= 0.3 is 0 Å². The van der Waals surface area contributed by atoms with Gasteiger partial charge in [-0.05, 0) is 30.7 Å². The Morgan fingerprint density at radius 2 is 1.44 bits per heavy atom. The van der Waals surface area contributed by atoms with Crippen LogP contribution in [0.15, 0.2) is 41.8 Å². The first-order chi connectivity index (χ1) is 12.7. The monoisotopic (exact) mass is 407 g/mol. The van der Waals surface area contributed by atoms with Gasteiger partial charge in [0.1, 0.15) is 5.75 Å². The van der Waals surface area contributed by atoms with E-state index in [1.165, 1.54) is 37.5 Å². The summed E-state index contributed by atoms with van der Waals surface area (Å²) in [4.78, 5) is -1.92. The van der Waals surface area contributed by atoms with Crippen molar-refractivity contribution in [2.75, 3.05) is 18.0 Å². The quantitative estimate of drug-likeness (QED) is 0.300. The minimum Gasteiger partial charge on any atom is -0.497 e. The van der Waals surface area contributed by atoms with Gasteiger partial charge < -0.3 is 4.74 Å². The largest absolute Gasteiger partial charge is 0.497 e. The van der Waals surface area contributed by atoms with Crippen LogP contribution >= 0.6 is 0 Å². The minimum atomic E-state index is -5.12. The van der Waals surface area contributed by atoms with E-state index < -0.39 is 44.0 Å². The van der Waals surface area contributed by atoms with Crippen molar-refractivity contribution in [2.45, 2.75) is 11.3 Å². The van der Waals surface area contributed by atoms with Gasteiger partial charge in [0.25, 0.3) is 10.0 Å². The van der Waals surface area contributed by atoms with Crippen LogP contribution in [0.1, 0.15) is 6.42 Å². The van der Waals surface area contributed by atoms with E-state index in [1.807, 2.05) is 0 Å². The van der Waals surface area contributed by atoms with Crippen LogP contribution in [-0.4, -0.2) is 22.1 Å². The number of ether oxygens (including phenoxy) is 1. The van der Waals surface area contributed by atoms with E-state index >= 15 is 0 Å². The molecule has 0 aliphatic carbocycles. The van der Waals surface area contributed by atoms with Crippen molar-refractivity contribution in [3.63, 3.8) is 0 Å². The van der Waals surface area contributed by atoms with E-state index in [1.54, 1.807) is 0 Å². The van der Waals surface area contributed by atoms with E-state index in [2.05, 4.69) is 6.58 Å². The molecular formula is C17H14F5NO3S. The number of nitrogens with zero attached hydrogens (tertiary/aromatic N) is 1. The van der Waals surface area contributed by atoms with E-state index in [9.17, 15) is 30.4 Å². The second kappa shape index (κ2) is 7.95. The highest BCUT2D eigenvalue weighted by atomic mass is 32.2. The third-order valence-electron chi connectivity index (χ3n) is 3.61. The van der Waals surface area contributed by atoms with Crippen molar-refractivity contribution in [3.05, 3.63) is 66.0 Å². The predicted octanol–water partition coefficient (Wildman–Crippen LogP) is 4.16. The van der Waals surface area contributed by atoms with Gasteiger partial charge in [0.2, 0.25) is 5.82 Å². The van der Waals surface area contributed by atoms with Crippen LogP contribution in [-0.2, 0) is 10.0 Å². The summed E-state index contributed by atoms with van der Waals surface area (Å²) in [6, 6.07) is 5.30. The summed E-state index contributed by atoms with van der Waals surface area (Å²) in [5, 5.41) is 0. The highest BCUT2D eigenvalue weighted by molar-refractivity contribution is 7.92. The molecule has 0 amide bonds. The molecule has 2 aromatic carbocycles. The van der Waals surface area contributed by atoms with Gasteiger partial charge in [0.05, 0.1) is 12.8 Å². The zero-order chi connectivity index (χ0) is 20.4. The van der Waals surface area contributed by atoms with Crippen molar-refractivity contribution in [1.29, 1.82) is 0 Å². The Bertz CT molecular complexity index is 933. The highest BCUT2D eigenvalue weighted by Crippen LogP contribution is 2.32. The molecule has 0 spiro atoms. The van der Waals surface area contributed by atoms with E-state index in [0.717, 1.165) is 0 Å². The summed E-state index contributed by atoms with van der Waals surface area (Å²) >= 11 is 0. The molecule has 0 saturated carbocycles. The number of hydrogen-bond acceptors (Lipinski definition) is 3. The first-order valence-corrected chi connectivity index (χ1v) is 8.90. The van der Waals surface area contributed by atoms with Crippen molar-refractivity contribution >= 4 is 15.7 Å². The van der Waals surface area contributed by atoms with Crippen LogP contribution in [0.4, 0.5) is 27.6 Å². The number of methoxy groups -OCH3 is 1. The molecule has 0 saturated heterocycles. The molecule has 4 nitrogen and oxygen atoms in total. The number of halogens is 5. The SMILES string of the molecule is C=CCCN(c1ccc(OC)cc1)S(=O)(=O)c1c(F)c(F)c(F)c(F)c1F. The lowest BCUT2D eigenvalue weighted by molar-refractivity contribution is 0.357. The molecule has 0 radical (unpaired) electrons. The Morgan fingerprint density at radius 3 is 1.89 bits per heavy atom. The van der Waals surface area contributed by atoms with E-state index in [0.29, 0.717) is 10.1 Å². The Labute approximate surface area is 152 Å². The summed E-state index contributed by atoms with van der Waals surface area (Å²) in [5.74, 6) is -11.6. The fourth-order valence-corrected chi connectivity index (χ4v) is 3.86. The van der Waals surface area contributed by atoms with Crippen LogP contribution in [0.2, 0.25) is 0 Å². The Kier molecular flexibility index (Phi) is 6.09. The smallest absolute Gasteiger partial charge is 0.270 e. The average Bonchev–Trinajstić information content (AvgIpc) is 2.65. The van der Waals surface area contributed by atoms with Gasteiger partial charge in [0, 0.05) is 6.54 Å². The van der Waals surface area contributed by atoms with Crippen LogP contribution in [0.25, 0.3) is 0 Å². The van der Waals surface area contributed by atoms with Gasteiger partial charge in [-0.2, -0.15) is 0 Å². The van der Waals surface area contributed by atoms with Crippen LogP contribution < -0.4 is 9.04 Å². The van der Waals surface area contributed by atoms with Crippen molar-refractivity contribution in [3.8, 4) is 5.75 Å². The fourth-order valence-electron chi connectivity index (χ4n) is 2.27.